The molecule has 3 heteroatoms. The van der Waals surface area contributed by atoms with Gasteiger partial charge in [0.05, 0.1) is 0 Å². The fourth-order valence-electron chi connectivity index (χ4n) is 3.96. The third-order valence-corrected chi connectivity index (χ3v) is 5.30. The highest BCUT2D eigenvalue weighted by Crippen LogP contribution is 2.36. The van der Waals surface area contributed by atoms with Gasteiger partial charge in [0.15, 0.2) is 0 Å². The molecule has 0 fully saturated rings. The van der Waals surface area contributed by atoms with Crippen molar-refractivity contribution in [2.75, 3.05) is 6.54 Å². The Bertz CT molecular complexity index is 777. The Morgan fingerprint density at radius 3 is 2.61 bits per heavy atom. The van der Waals surface area contributed by atoms with Gasteiger partial charge in [-0.1, -0.05) is 48.5 Å². The summed E-state index contributed by atoms with van der Waals surface area (Å²) in [4.78, 5) is 11.7. The Kier molecular flexibility index (Phi) is 6.77. The SMILES string of the molecule is CC(C)(C)OC(=O)NCCCCc1ccc2c(c1)C(Cc1ccccc1)CC2. The number of hydrogen-bond acceptors (Lipinski definition) is 2. The minimum absolute atomic E-state index is 0.325. The Morgan fingerprint density at radius 2 is 1.86 bits per heavy atom. The van der Waals surface area contributed by atoms with Gasteiger partial charge in [-0.2, -0.15) is 0 Å². The molecule has 0 saturated carbocycles. The number of amides is 1. The zero-order chi connectivity index (χ0) is 20.0. The molecular formula is C25H33NO2. The van der Waals surface area contributed by atoms with Gasteiger partial charge in [-0.3, -0.25) is 0 Å². The molecule has 2 aromatic carbocycles. The number of hydrogen-bond donors (Lipinski definition) is 1. The van der Waals surface area contributed by atoms with Crippen LogP contribution < -0.4 is 5.32 Å². The predicted molar refractivity (Wildman–Crippen MR) is 115 cm³/mol. The van der Waals surface area contributed by atoms with Gasteiger partial charge in [0.2, 0.25) is 0 Å². The zero-order valence-electron chi connectivity index (χ0n) is 17.5. The smallest absolute Gasteiger partial charge is 0.407 e. The number of benzene rings is 2. The van der Waals surface area contributed by atoms with Crippen LogP contribution in [0.3, 0.4) is 0 Å². The molecule has 2 aromatic rings. The molecule has 1 aliphatic rings. The van der Waals surface area contributed by atoms with Crippen LogP contribution in [0.1, 0.15) is 68.2 Å². The maximum absolute atomic E-state index is 11.7. The van der Waals surface area contributed by atoms with Crippen LogP contribution >= 0.6 is 0 Å². The molecule has 0 spiro atoms. The van der Waals surface area contributed by atoms with Crippen molar-refractivity contribution in [1.82, 2.24) is 5.32 Å². The normalized spacial score (nSPS) is 15.9. The van der Waals surface area contributed by atoms with Crippen molar-refractivity contribution >= 4 is 6.09 Å². The number of unbranched alkanes of at least 4 members (excludes halogenated alkanes) is 1. The van der Waals surface area contributed by atoms with E-state index in [4.69, 9.17) is 4.74 Å². The lowest BCUT2D eigenvalue weighted by molar-refractivity contribution is 0.0527. The van der Waals surface area contributed by atoms with E-state index < -0.39 is 5.60 Å². The van der Waals surface area contributed by atoms with Gasteiger partial charge in [0.25, 0.3) is 0 Å². The monoisotopic (exact) mass is 379 g/mol. The average molecular weight is 380 g/mol. The van der Waals surface area contributed by atoms with Crippen LogP contribution in [0.5, 0.6) is 0 Å². The second-order valence-corrected chi connectivity index (χ2v) is 8.84. The summed E-state index contributed by atoms with van der Waals surface area (Å²) in [6.45, 7) is 6.30. The van der Waals surface area contributed by atoms with Crippen LogP contribution in [0.25, 0.3) is 0 Å². The lowest BCUT2D eigenvalue weighted by Gasteiger charge is -2.19. The number of fused-ring (bicyclic) bond motifs is 1. The fraction of sp³-hybridized carbons (Fsp3) is 0.480. The molecule has 1 aliphatic carbocycles. The summed E-state index contributed by atoms with van der Waals surface area (Å²) in [6.07, 6.45) is 6.36. The maximum atomic E-state index is 11.7. The van der Waals surface area contributed by atoms with Crippen molar-refractivity contribution in [3.05, 3.63) is 70.8 Å². The van der Waals surface area contributed by atoms with Crippen LogP contribution in [-0.4, -0.2) is 18.2 Å². The molecule has 0 radical (unpaired) electrons. The fourth-order valence-corrected chi connectivity index (χ4v) is 3.96. The third kappa shape index (κ3) is 6.12. The molecule has 1 N–H and O–H groups in total. The summed E-state index contributed by atoms with van der Waals surface area (Å²) >= 11 is 0. The number of carbonyl (C=O) groups excluding carboxylic acids is 1. The molecule has 1 amide bonds. The molecule has 0 heterocycles. The summed E-state index contributed by atoms with van der Waals surface area (Å²) in [5.41, 5.74) is 5.48. The first-order valence-electron chi connectivity index (χ1n) is 10.5. The standard InChI is InChI=1S/C25H33NO2/c1-25(2,3)28-24(27)26-16-8-7-11-20-12-13-21-14-15-22(23(21)18-20)17-19-9-5-4-6-10-19/h4-6,9-10,12-13,18,22H,7-8,11,14-17H2,1-3H3,(H,26,27). The molecule has 1 unspecified atom stereocenters. The molecular weight excluding hydrogens is 346 g/mol. The summed E-state index contributed by atoms with van der Waals surface area (Å²) in [5.74, 6) is 0.645. The lowest BCUT2D eigenvalue weighted by atomic mass is 9.92. The second kappa shape index (κ2) is 9.27. The molecule has 28 heavy (non-hydrogen) atoms. The summed E-state index contributed by atoms with van der Waals surface area (Å²) in [7, 11) is 0. The molecule has 150 valence electrons. The highest BCUT2D eigenvalue weighted by molar-refractivity contribution is 5.67. The summed E-state index contributed by atoms with van der Waals surface area (Å²) in [6, 6.07) is 17.9. The first-order chi connectivity index (χ1) is 13.4. The van der Waals surface area contributed by atoms with Crippen LogP contribution in [0.4, 0.5) is 4.79 Å². The number of alkyl carbamates (subject to hydrolysis) is 1. The van der Waals surface area contributed by atoms with Crippen molar-refractivity contribution in [1.29, 1.82) is 0 Å². The minimum atomic E-state index is -0.440. The topological polar surface area (TPSA) is 38.3 Å². The van der Waals surface area contributed by atoms with E-state index in [2.05, 4.69) is 53.8 Å². The van der Waals surface area contributed by atoms with Gasteiger partial charge >= 0.3 is 6.09 Å². The van der Waals surface area contributed by atoms with E-state index in [1.165, 1.54) is 29.5 Å². The number of nitrogens with one attached hydrogen (secondary N) is 1. The van der Waals surface area contributed by atoms with Crippen LogP contribution in [-0.2, 0) is 24.0 Å². The van der Waals surface area contributed by atoms with E-state index in [9.17, 15) is 4.79 Å². The van der Waals surface area contributed by atoms with E-state index >= 15 is 0 Å². The van der Waals surface area contributed by atoms with Gasteiger partial charge in [0, 0.05) is 6.54 Å². The summed E-state index contributed by atoms with van der Waals surface area (Å²) in [5, 5.41) is 2.84. The number of aryl methyl sites for hydroxylation is 2. The van der Waals surface area contributed by atoms with Crippen LogP contribution in [0.15, 0.2) is 48.5 Å². The molecule has 3 nitrogen and oxygen atoms in total. The van der Waals surface area contributed by atoms with Gasteiger partial charge in [-0.25, -0.2) is 4.79 Å². The van der Waals surface area contributed by atoms with E-state index in [1.807, 2.05) is 20.8 Å². The maximum Gasteiger partial charge on any atom is 0.407 e. The highest BCUT2D eigenvalue weighted by atomic mass is 16.6. The Morgan fingerprint density at radius 1 is 1.07 bits per heavy atom. The number of carbonyl (C=O) groups is 1. The van der Waals surface area contributed by atoms with E-state index in [0.29, 0.717) is 12.5 Å². The van der Waals surface area contributed by atoms with Crippen molar-refractivity contribution < 1.29 is 9.53 Å². The third-order valence-electron chi connectivity index (χ3n) is 5.30. The Balaban J connectivity index is 1.46. The largest absolute Gasteiger partial charge is 0.444 e. The quantitative estimate of drug-likeness (QED) is 0.617. The van der Waals surface area contributed by atoms with Crippen molar-refractivity contribution in [2.45, 2.75) is 70.8 Å². The zero-order valence-corrected chi connectivity index (χ0v) is 17.5. The minimum Gasteiger partial charge on any atom is -0.444 e. The lowest BCUT2D eigenvalue weighted by Crippen LogP contribution is -2.33. The number of rotatable bonds is 7. The molecule has 3 rings (SSSR count). The van der Waals surface area contributed by atoms with Gasteiger partial charge in [-0.15, -0.1) is 0 Å². The Hall–Kier alpha value is -2.29. The molecule has 0 aromatic heterocycles. The molecule has 0 bridgehead atoms. The van der Waals surface area contributed by atoms with E-state index in [0.717, 1.165) is 25.7 Å². The highest BCUT2D eigenvalue weighted by Gasteiger charge is 2.22. The molecule has 0 saturated heterocycles. The van der Waals surface area contributed by atoms with Gasteiger partial charge in [-0.05, 0) is 87.5 Å². The Labute approximate surface area is 169 Å². The van der Waals surface area contributed by atoms with E-state index in [-0.39, 0.29) is 6.09 Å². The van der Waals surface area contributed by atoms with Crippen molar-refractivity contribution in [2.24, 2.45) is 0 Å². The first-order valence-corrected chi connectivity index (χ1v) is 10.5. The van der Waals surface area contributed by atoms with E-state index in [1.54, 1.807) is 5.56 Å². The van der Waals surface area contributed by atoms with Gasteiger partial charge < -0.3 is 10.1 Å². The first kappa shape index (κ1) is 20.4. The van der Waals surface area contributed by atoms with Crippen molar-refractivity contribution in [3.63, 3.8) is 0 Å². The van der Waals surface area contributed by atoms with Gasteiger partial charge in [0.1, 0.15) is 5.60 Å². The van der Waals surface area contributed by atoms with Crippen molar-refractivity contribution in [3.8, 4) is 0 Å². The molecule has 1 atom stereocenters. The van der Waals surface area contributed by atoms with Crippen LogP contribution in [0, 0.1) is 0 Å². The second-order valence-electron chi connectivity index (χ2n) is 8.84. The van der Waals surface area contributed by atoms with Crippen LogP contribution in [0.2, 0.25) is 0 Å². The summed E-state index contributed by atoms with van der Waals surface area (Å²) < 4.78 is 5.26. The molecule has 0 aliphatic heterocycles. The number of ether oxygens (including phenoxy) is 1. The average Bonchev–Trinajstić information content (AvgIpc) is 3.03. The predicted octanol–water partition coefficient (Wildman–Crippen LogP) is 5.81.